The molecule has 3 N–H and O–H groups in total. The van der Waals surface area contributed by atoms with Gasteiger partial charge >= 0.3 is 0 Å². The van der Waals surface area contributed by atoms with E-state index < -0.39 is 6.10 Å². The van der Waals surface area contributed by atoms with Gasteiger partial charge < -0.3 is 15.4 Å². The van der Waals surface area contributed by atoms with Gasteiger partial charge in [0.1, 0.15) is 17.3 Å². The highest BCUT2D eigenvalue weighted by Gasteiger charge is 2.14. The van der Waals surface area contributed by atoms with Gasteiger partial charge in [-0.15, -0.1) is 0 Å². The van der Waals surface area contributed by atoms with E-state index in [0.29, 0.717) is 12.8 Å². The number of anilines is 1. The zero-order chi connectivity index (χ0) is 16.7. The van der Waals surface area contributed by atoms with Crippen molar-refractivity contribution in [2.45, 2.75) is 25.9 Å². The molecule has 0 fully saturated rings. The minimum Gasteiger partial charge on any atom is -0.389 e. The summed E-state index contributed by atoms with van der Waals surface area (Å²) < 4.78 is 0. The van der Waals surface area contributed by atoms with E-state index in [-0.39, 0.29) is 0 Å². The van der Waals surface area contributed by atoms with E-state index >= 15 is 0 Å². The van der Waals surface area contributed by atoms with E-state index in [1.807, 2.05) is 19.2 Å². The van der Waals surface area contributed by atoms with E-state index in [2.05, 4.69) is 41.5 Å². The quantitative estimate of drug-likeness (QED) is 0.678. The fraction of sp³-hybridized carbons (Fsp3) is 0.263. The number of H-pyrrole nitrogens is 1. The molecule has 5 heteroatoms. The van der Waals surface area contributed by atoms with Gasteiger partial charge in [0.2, 0.25) is 0 Å². The van der Waals surface area contributed by atoms with Gasteiger partial charge in [-0.1, -0.05) is 35.9 Å². The van der Waals surface area contributed by atoms with Crippen molar-refractivity contribution in [3.63, 3.8) is 0 Å². The van der Waals surface area contributed by atoms with Crippen LogP contribution in [-0.4, -0.2) is 33.2 Å². The van der Waals surface area contributed by atoms with Gasteiger partial charge in [-0.2, -0.15) is 0 Å². The molecule has 24 heavy (non-hydrogen) atoms. The number of aromatic amines is 1. The van der Waals surface area contributed by atoms with Gasteiger partial charge in [0.25, 0.3) is 0 Å². The maximum atomic E-state index is 9.82. The molecule has 0 radical (unpaired) electrons. The van der Waals surface area contributed by atoms with Crippen LogP contribution in [-0.2, 0) is 6.42 Å². The number of benzene rings is 1. The average molecular weight is 320 g/mol. The number of rotatable bonds is 3. The van der Waals surface area contributed by atoms with Crippen molar-refractivity contribution < 1.29 is 5.11 Å². The highest BCUT2D eigenvalue weighted by molar-refractivity contribution is 5.89. The molecule has 4 rings (SSSR count). The summed E-state index contributed by atoms with van der Waals surface area (Å²) in [6, 6.07) is 8.39. The third-order valence-corrected chi connectivity index (χ3v) is 4.37. The van der Waals surface area contributed by atoms with Crippen LogP contribution in [0, 0.1) is 6.92 Å². The van der Waals surface area contributed by atoms with Crippen LogP contribution in [0.3, 0.4) is 0 Å². The summed E-state index contributed by atoms with van der Waals surface area (Å²) >= 11 is 0. The molecule has 1 aromatic carbocycles. The SMILES string of the molecule is CNc1nc(Cc2cccc(C)c2)nc2[nH]c3c(c12)=CCC(O)C=3. The minimum atomic E-state index is -0.441. The molecule has 3 aromatic rings. The summed E-state index contributed by atoms with van der Waals surface area (Å²) in [7, 11) is 1.87. The highest BCUT2D eigenvalue weighted by Crippen LogP contribution is 2.17. The van der Waals surface area contributed by atoms with Gasteiger partial charge in [0.15, 0.2) is 0 Å². The van der Waals surface area contributed by atoms with Gasteiger partial charge in [-0.25, -0.2) is 9.97 Å². The Morgan fingerprint density at radius 1 is 1.33 bits per heavy atom. The fourth-order valence-electron chi connectivity index (χ4n) is 3.29. The Bertz CT molecular complexity index is 1040. The predicted octanol–water partition coefficient (Wildman–Crippen LogP) is 1.22. The van der Waals surface area contributed by atoms with Crippen LogP contribution in [0.5, 0.6) is 0 Å². The number of aliphatic hydroxyl groups is 1. The molecule has 0 bridgehead atoms. The molecule has 0 saturated heterocycles. The normalized spacial score (nSPS) is 16.4. The second-order valence-electron chi connectivity index (χ2n) is 6.25. The van der Waals surface area contributed by atoms with Crippen molar-refractivity contribution in [1.29, 1.82) is 0 Å². The third kappa shape index (κ3) is 2.57. The molecule has 0 aliphatic heterocycles. The summed E-state index contributed by atoms with van der Waals surface area (Å²) in [4.78, 5) is 12.7. The molecule has 0 spiro atoms. The Hall–Kier alpha value is -2.66. The molecule has 2 heterocycles. The molecule has 1 aliphatic rings. The maximum Gasteiger partial charge on any atom is 0.144 e. The number of nitrogens with zero attached hydrogens (tertiary/aromatic N) is 2. The van der Waals surface area contributed by atoms with E-state index in [1.165, 1.54) is 11.1 Å². The largest absolute Gasteiger partial charge is 0.389 e. The number of aromatic nitrogens is 3. The van der Waals surface area contributed by atoms with Crippen LogP contribution < -0.4 is 15.9 Å². The Kier molecular flexibility index (Phi) is 3.58. The minimum absolute atomic E-state index is 0.441. The van der Waals surface area contributed by atoms with Gasteiger partial charge in [0.05, 0.1) is 11.5 Å². The van der Waals surface area contributed by atoms with E-state index in [0.717, 1.165) is 33.2 Å². The molecule has 1 aliphatic carbocycles. The van der Waals surface area contributed by atoms with Crippen molar-refractivity contribution in [3.8, 4) is 0 Å². The summed E-state index contributed by atoms with van der Waals surface area (Å²) in [6.07, 6.45) is 4.75. The molecule has 0 saturated carbocycles. The second kappa shape index (κ2) is 5.76. The first-order chi connectivity index (χ1) is 11.6. The zero-order valence-electron chi connectivity index (χ0n) is 13.8. The standard InChI is InChI=1S/C19H20N4O/c1-11-4-3-5-12(8-11)9-16-22-18(20-2)17-14-7-6-13(24)10-15(14)21-19(17)23-16/h3-5,7-8,10,13,24H,6,9H2,1-2H3,(H2,20,21,22,23). The Morgan fingerprint density at radius 3 is 3.00 bits per heavy atom. The van der Waals surface area contributed by atoms with Gasteiger partial charge in [0, 0.05) is 24.0 Å². The average Bonchev–Trinajstić information content (AvgIpc) is 2.91. The van der Waals surface area contributed by atoms with E-state index in [1.54, 1.807) is 0 Å². The molecule has 1 unspecified atom stereocenters. The van der Waals surface area contributed by atoms with Crippen LogP contribution in [0.15, 0.2) is 24.3 Å². The third-order valence-electron chi connectivity index (χ3n) is 4.37. The smallest absolute Gasteiger partial charge is 0.144 e. The van der Waals surface area contributed by atoms with Crippen molar-refractivity contribution in [2.24, 2.45) is 0 Å². The maximum absolute atomic E-state index is 9.82. The van der Waals surface area contributed by atoms with Crippen molar-refractivity contribution in [3.05, 3.63) is 51.8 Å². The monoisotopic (exact) mass is 320 g/mol. The number of aryl methyl sites for hydroxylation is 1. The van der Waals surface area contributed by atoms with Crippen LogP contribution in [0.25, 0.3) is 23.2 Å². The van der Waals surface area contributed by atoms with Crippen molar-refractivity contribution in [2.75, 3.05) is 12.4 Å². The molecule has 0 amide bonds. The summed E-state index contributed by atoms with van der Waals surface area (Å²) in [6.45, 7) is 2.09. The number of aliphatic hydroxyl groups excluding tert-OH is 1. The Morgan fingerprint density at radius 2 is 2.21 bits per heavy atom. The van der Waals surface area contributed by atoms with Crippen LogP contribution in [0.2, 0.25) is 0 Å². The topological polar surface area (TPSA) is 73.8 Å². The number of nitrogens with one attached hydrogen (secondary N) is 2. The molecule has 2 aromatic heterocycles. The summed E-state index contributed by atoms with van der Waals surface area (Å²) in [5.74, 6) is 1.60. The Balaban J connectivity index is 1.86. The first kappa shape index (κ1) is 14.9. The highest BCUT2D eigenvalue weighted by atomic mass is 16.3. The lowest BCUT2D eigenvalue weighted by Crippen LogP contribution is -2.29. The number of hydrogen-bond donors (Lipinski definition) is 3. The number of fused-ring (bicyclic) bond motifs is 3. The lowest BCUT2D eigenvalue weighted by Gasteiger charge is -2.07. The first-order valence-electron chi connectivity index (χ1n) is 8.16. The summed E-state index contributed by atoms with van der Waals surface area (Å²) in [5, 5.41) is 16.0. The Labute approximate surface area is 139 Å². The van der Waals surface area contributed by atoms with E-state index in [9.17, 15) is 5.11 Å². The van der Waals surface area contributed by atoms with Gasteiger partial charge in [-0.05, 0) is 25.0 Å². The van der Waals surface area contributed by atoms with Gasteiger partial charge in [-0.3, -0.25) is 0 Å². The van der Waals surface area contributed by atoms with Crippen molar-refractivity contribution in [1.82, 2.24) is 15.0 Å². The molecule has 1 atom stereocenters. The molecular formula is C19H20N4O. The van der Waals surface area contributed by atoms with Crippen LogP contribution >= 0.6 is 0 Å². The zero-order valence-corrected chi connectivity index (χ0v) is 13.8. The molecule has 122 valence electrons. The van der Waals surface area contributed by atoms with E-state index in [4.69, 9.17) is 9.97 Å². The molecular weight excluding hydrogens is 300 g/mol. The first-order valence-corrected chi connectivity index (χ1v) is 8.16. The van der Waals surface area contributed by atoms with Crippen LogP contribution in [0.4, 0.5) is 5.82 Å². The second-order valence-corrected chi connectivity index (χ2v) is 6.25. The van der Waals surface area contributed by atoms with Crippen LogP contribution in [0.1, 0.15) is 23.4 Å². The molecule has 5 nitrogen and oxygen atoms in total. The van der Waals surface area contributed by atoms with Crippen molar-refractivity contribution >= 4 is 29.0 Å². The summed E-state index contributed by atoms with van der Waals surface area (Å²) in [5.41, 5.74) is 3.24. The predicted molar refractivity (Wildman–Crippen MR) is 96.2 cm³/mol. The fourth-order valence-corrected chi connectivity index (χ4v) is 3.29. The lowest BCUT2D eigenvalue weighted by atomic mass is 10.1. The number of hydrogen-bond acceptors (Lipinski definition) is 4. The lowest BCUT2D eigenvalue weighted by molar-refractivity contribution is 0.244.